The molecule has 4 heteroatoms. The molecular formula is C21H31N3O. The molecule has 1 atom stereocenters. The third kappa shape index (κ3) is 4.31. The summed E-state index contributed by atoms with van der Waals surface area (Å²) in [7, 11) is 8.08. The van der Waals surface area contributed by atoms with Crippen molar-refractivity contribution in [2.45, 2.75) is 33.3 Å². The van der Waals surface area contributed by atoms with Crippen LogP contribution in [0.15, 0.2) is 41.5 Å². The largest absolute Gasteiger partial charge is 0.388 e. The lowest BCUT2D eigenvalue weighted by atomic mass is 9.94. The van der Waals surface area contributed by atoms with Gasteiger partial charge in [0.25, 0.3) is 0 Å². The molecule has 4 nitrogen and oxygen atoms in total. The van der Waals surface area contributed by atoms with Crippen molar-refractivity contribution in [3.05, 3.63) is 47.2 Å². The average molecular weight is 341 g/mol. The molecule has 1 unspecified atom stereocenters. The number of nitrogens with zero attached hydrogens (tertiary/aromatic N) is 3. The van der Waals surface area contributed by atoms with Crippen molar-refractivity contribution < 1.29 is 5.11 Å². The van der Waals surface area contributed by atoms with Crippen molar-refractivity contribution >= 4 is 17.1 Å². The average Bonchev–Trinajstić information content (AvgIpc) is 2.75. The molecule has 1 aromatic heterocycles. The third-order valence-electron chi connectivity index (χ3n) is 4.52. The highest BCUT2D eigenvalue weighted by molar-refractivity contribution is 5.80. The maximum absolute atomic E-state index is 10.5. The second kappa shape index (κ2) is 7.87. The summed E-state index contributed by atoms with van der Waals surface area (Å²) < 4.78 is 0. The number of anilines is 2. The van der Waals surface area contributed by atoms with Crippen LogP contribution >= 0.6 is 0 Å². The lowest BCUT2D eigenvalue weighted by Crippen LogP contribution is -2.19. The number of allylic oxidation sites excluding steroid dienone is 5. The van der Waals surface area contributed by atoms with Crippen molar-refractivity contribution in [2.75, 3.05) is 38.0 Å². The van der Waals surface area contributed by atoms with E-state index in [1.165, 1.54) is 5.57 Å². The second-order valence-corrected chi connectivity index (χ2v) is 7.44. The normalized spacial score (nSPS) is 16.0. The van der Waals surface area contributed by atoms with E-state index in [4.69, 9.17) is 4.98 Å². The highest BCUT2D eigenvalue weighted by atomic mass is 16.3. The van der Waals surface area contributed by atoms with Gasteiger partial charge >= 0.3 is 0 Å². The quantitative estimate of drug-likeness (QED) is 0.882. The maximum atomic E-state index is 10.5. The van der Waals surface area contributed by atoms with E-state index < -0.39 is 6.10 Å². The van der Waals surface area contributed by atoms with Gasteiger partial charge in [0.2, 0.25) is 0 Å². The first-order chi connectivity index (χ1) is 11.7. The first-order valence-electron chi connectivity index (χ1n) is 8.84. The summed E-state index contributed by atoms with van der Waals surface area (Å²) in [6, 6.07) is 4.18. The predicted molar refractivity (Wildman–Crippen MR) is 108 cm³/mol. The van der Waals surface area contributed by atoms with Crippen LogP contribution in [0.4, 0.5) is 11.5 Å². The summed E-state index contributed by atoms with van der Waals surface area (Å²) >= 11 is 0. The number of rotatable bonds is 5. The molecule has 0 radical (unpaired) electrons. The minimum absolute atomic E-state index is 0.195. The Balaban J connectivity index is 2.56. The summed E-state index contributed by atoms with van der Waals surface area (Å²) in [5.74, 6) is 1.14. The van der Waals surface area contributed by atoms with Gasteiger partial charge in [0, 0.05) is 33.8 Å². The number of aliphatic hydroxyl groups is 1. The smallest absolute Gasteiger partial charge is 0.152 e. The predicted octanol–water partition coefficient (Wildman–Crippen LogP) is 3.89. The molecule has 0 amide bonds. The van der Waals surface area contributed by atoms with Crippen LogP contribution in [-0.4, -0.2) is 44.4 Å². The zero-order chi connectivity index (χ0) is 18.7. The van der Waals surface area contributed by atoms with Crippen LogP contribution in [0.1, 0.15) is 32.9 Å². The van der Waals surface area contributed by atoms with Gasteiger partial charge in [-0.15, -0.1) is 0 Å². The Morgan fingerprint density at radius 3 is 2.32 bits per heavy atom. The second-order valence-electron chi connectivity index (χ2n) is 7.44. The van der Waals surface area contributed by atoms with E-state index in [1.807, 2.05) is 46.9 Å². The van der Waals surface area contributed by atoms with Crippen LogP contribution in [0.5, 0.6) is 0 Å². The minimum atomic E-state index is -0.431. The van der Waals surface area contributed by atoms with E-state index in [0.29, 0.717) is 0 Å². The fourth-order valence-corrected chi connectivity index (χ4v) is 3.00. The van der Waals surface area contributed by atoms with Crippen molar-refractivity contribution in [3.8, 4) is 0 Å². The van der Waals surface area contributed by atoms with Gasteiger partial charge < -0.3 is 14.9 Å². The summed E-state index contributed by atoms with van der Waals surface area (Å²) in [5, 5.41) is 10.5. The van der Waals surface area contributed by atoms with Gasteiger partial charge in [-0.25, -0.2) is 4.98 Å². The summed E-state index contributed by atoms with van der Waals surface area (Å²) in [4.78, 5) is 9.02. The molecule has 0 fully saturated rings. The summed E-state index contributed by atoms with van der Waals surface area (Å²) in [6.07, 6.45) is 6.72. The van der Waals surface area contributed by atoms with Gasteiger partial charge in [-0.2, -0.15) is 0 Å². The van der Waals surface area contributed by atoms with Gasteiger partial charge in [-0.3, -0.25) is 0 Å². The number of aromatic nitrogens is 1. The summed E-state index contributed by atoms with van der Waals surface area (Å²) in [5.41, 5.74) is 5.31. The van der Waals surface area contributed by atoms with Crippen LogP contribution < -0.4 is 9.80 Å². The SMILES string of the molecule is CC1=C(c2ccc(N(C)C)c(N(C)C)n2)C=C(C(O)C(C)C)CC=C1. The van der Waals surface area contributed by atoms with Gasteiger partial charge in [0.05, 0.1) is 17.5 Å². The number of pyridine rings is 1. The highest BCUT2D eigenvalue weighted by Crippen LogP contribution is 2.32. The topological polar surface area (TPSA) is 39.6 Å². The van der Waals surface area contributed by atoms with E-state index in [1.54, 1.807) is 0 Å². The fraction of sp³-hybridized carbons (Fsp3) is 0.476. The molecule has 0 saturated heterocycles. The van der Waals surface area contributed by atoms with Crippen molar-refractivity contribution in [1.82, 2.24) is 4.98 Å². The van der Waals surface area contributed by atoms with Crippen LogP contribution in [0, 0.1) is 5.92 Å². The Labute approximate surface area is 152 Å². The highest BCUT2D eigenvalue weighted by Gasteiger charge is 2.18. The number of hydrogen-bond acceptors (Lipinski definition) is 4. The van der Waals surface area contributed by atoms with Crippen LogP contribution in [0.25, 0.3) is 5.57 Å². The first kappa shape index (κ1) is 19.3. The maximum Gasteiger partial charge on any atom is 0.152 e. The Bertz CT molecular complexity index is 712. The van der Waals surface area contributed by atoms with Gasteiger partial charge in [-0.05, 0) is 42.5 Å². The molecule has 25 heavy (non-hydrogen) atoms. The molecule has 0 spiro atoms. The van der Waals surface area contributed by atoms with Crippen LogP contribution in [0.2, 0.25) is 0 Å². The molecule has 0 saturated carbocycles. The Morgan fingerprint density at radius 2 is 1.76 bits per heavy atom. The monoisotopic (exact) mass is 341 g/mol. The van der Waals surface area contributed by atoms with E-state index in [9.17, 15) is 5.11 Å². The zero-order valence-electron chi connectivity index (χ0n) is 16.5. The lowest BCUT2D eigenvalue weighted by Gasteiger charge is -2.23. The van der Waals surface area contributed by atoms with E-state index in [0.717, 1.165) is 34.8 Å². The zero-order valence-corrected chi connectivity index (χ0v) is 16.5. The standard InChI is InChI=1S/C21H31N3O/c1-14(2)20(25)16-10-8-9-15(3)17(13-16)18-11-12-19(23(4)5)21(22-18)24(6)7/h8-9,11-14,20,25H,10H2,1-7H3. The van der Waals surface area contributed by atoms with Crippen molar-refractivity contribution in [3.63, 3.8) is 0 Å². The fourth-order valence-electron chi connectivity index (χ4n) is 3.00. The molecule has 0 bridgehead atoms. The Kier molecular flexibility index (Phi) is 6.07. The number of aliphatic hydroxyl groups excluding tert-OH is 1. The molecule has 0 aromatic carbocycles. The molecule has 136 valence electrons. The molecule has 1 aliphatic rings. The van der Waals surface area contributed by atoms with Crippen molar-refractivity contribution in [2.24, 2.45) is 5.92 Å². The molecule has 0 aliphatic heterocycles. The molecular weight excluding hydrogens is 310 g/mol. The molecule has 1 heterocycles. The van der Waals surface area contributed by atoms with Gasteiger partial charge in [0.1, 0.15) is 0 Å². The molecule has 1 aliphatic carbocycles. The minimum Gasteiger partial charge on any atom is -0.388 e. The lowest BCUT2D eigenvalue weighted by molar-refractivity contribution is 0.158. The Morgan fingerprint density at radius 1 is 1.08 bits per heavy atom. The van der Waals surface area contributed by atoms with Crippen LogP contribution in [0.3, 0.4) is 0 Å². The first-order valence-corrected chi connectivity index (χ1v) is 8.84. The van der Waals surface area contributed by atoms with Crippen LogP contribution in [-0.2, 0) is 0 Å². The summed E-state index contributed by atoms with van der Waals surface area (Å²) in [6.45, 7) is 6.19. The Hall–Kier alpha value is -2.07. The van der Waals surface area contributed by atoms with Gasteiger partial charge in [0.15, 0.2) is 5.82 Å². The number of hydrogen-bond donors (Lipinski definition) is 1. The van der Waals surface area contributed by atoms with E-state index >= 15 is 0 Å². The third-order valence-corrected chi connectivity index (χ3v) is 4.52. The molecule has 1 N–H and O–H groups in total. The van der Waals surface area contributed by atoms with Crippen molar-refractivity contribution in [1.29, 1.82) is 0 Å². The van der Waals surface area contributed by atoms with E-state index in [-0.39, 0.29) is 5.92 Å². The molecule has 1 aromatic rings. The van der Waals surface area contributed by atoms with E-state index in [2.05, 4.69) is 42.2 Å². The molecule has 2 rings (SSSR count). The van der Waals surface area contributed by atoms with Gasteiger partial charge in [-0.1, -0.05) is 32.1 Å².